The Morgan fingerprint density at radius 1 is 1.05 bits per heavy atom. The van der Waals surface area contributed by atoms with Gasteiger partial charge in [0.15, 0.2) is 17.8 Å². The largest absolute Gasteiger partial charge is 0.394 e. The molecule has 4 rings (SSSR count). The number of ether oxygens (including phenoxy) is 2. The van der Waals surface area contributed by atoms with E-state index < -0.39 is 80.0 Å². The smallest absolute Gasteiger partial charge is 0.349 e. The van der Waals surface area contributed by atoms with Crippen LogP contribution in [0.4, 0.5) is 0 Å². The van der Waals surface area contributed by atoms with Crippen molar-refractivity contribution in [2.45, 2.75) is 69.4 Å². The summed E-state index contributed by atoms with van der Waals surface area (Å²) in [7, 11) is 0. The standard InChI is InChI=1S/C23H30N4O11/c1-8-3-10-11(4-9(8)2)27(20-15(24-10)21(35)26-23(36)25-20)5-13(16(31)12(30)6-28)37-22-19(34)18(33)17(32)14(7-29)38-22/h3-4,12-14,16-19,22,28-34H,5-7H2,1-2H3,(H,26,35,36). The minimum Gasteiger partial charge on any atom is -0.394 e. The summed E-state index contributed by atoms with van der Waals surface area (Å²) < 4.78 is 12.5. The zero-order valence-electron chi connectivity index (χ0n) is 20.5. The summed E-state index contributed by atoms with van der Waals surface area (Å²) in [6.45, 7) is 1.63. The van der Waals surface area contributed by atoms with Crippen LogP contribution in [0.25, 0.3) is 22.6 Å². The van der Waals surface area contributed by atoms with Crippen LogP contribution in [0, 0.1) is 13.8 Å². The van der Waals surface area contributed by atoms with E-state index in [-0.39, 0.29) is 11.5 Å². The van der Waals surface area contributed by atoms with E-state index in [4.69, 9.17) is 9.47 Å². The topological polar surface area (TPSA) is 241 Å². The van der Waals surface area contributed by atoms with E-state index in [0.717, 1.165) is 11.1 Å². The van der Waals surface area contributed by atoms with E-state index in [1.165, 1.54) is 4.57 Å². The van der Waals surface area contributed by atoms with Gasteiger partial charge in [0.25, 0.3) is 5.56 Å². The molecule has 0 radical (unpaired) electrons. The van der Waals surface area contributed by atoms with Gasteiger partial charge < -0.3 is 49.8 Å². The van der Waals surface area contributed by atoms with Gasteiger partial charge in [-0.2, -0.15) is 4.98 Å². The van der Waals surface area contributed by atoms with E-state index in [9.17, 15) is 45.3 Å². The third kappa shape index (κ3) is 5.20. The molecule has 8 N–H and O–H groups in total. The van der Waals surface area contributed by atoms with Crippen LogP contribution in [0.15, 0.2) is 21.7 Å². The lowest BCUT2D eigenvalue weighted by Gasteiger charge is -2.41. The number of aromatic amines is 1. The molecule has 0 saturated carbocycles. The number of hydrogen-bond acceptors (Lipinski definition) is 13. The van der Waals surface area contributed by atoms with Crippen molar-refractivity contribution in [3.05, 3.63) is 44.1 Å². The second kappa shape index (κ2) is 11.1. The Bertz CT molecular complexity index is 1380. The molecule has 8 unspecified atom stereocenters. The zero-order valence-corrected chi connectivity index (χ0v) is 20.5. The highest BCUT2D eigenvalue weighted by Crippen LogP contribution is 2.28. The van der Waals surface area contributed by atoms with Gasteiger partial charge in [-0.1, -0.05) is 0 Å². The highest BCUT2D eigenvalue weighted by Gasteiger charge is 2.46. The number of rotatable bonds is 8. The van der Waals surface area contributed by atoms with Crippen molar-refractivity contribution < 1.29 is 45.2 Å². The maximum atomic E-state index is 12.6. The van der Waals surface area contributed by atoms with Gasteiger partial charge in [0, 0.05) is 0 Å². The molecule has 0 aliphatic carbocycles. The number of aliphatic hydroxyl groups excluding tert-OH is 7. The second-order valence-electron chi connectivity index (χ2n) is 9.30. The van der Waals surface area contributed by atoms with E-state index >= 15 is 0 Å². The molecular formula is C23H30N4O11. The van der Waals surface area contributed by atoms with Crippen molar-refractivity contribution in [2.75, 3.05) is 13.2 Å². The first-order valence-electron chi connectivity index (χ1n) is 11.8. The number of nitrogens with one attached hydrogen (secondary N) is 1. The Labute approximate surface area is 214 Å². The number of aromatic nitrogens is 4. The molecule has 0 bridgehead atoms. The van der Waals surface area contributed by atoms with Crippen molar-refractivity contribution in [3.8, 4) is 11.5 Å². The van der Waals surface area contributed by atoms with E-state index in [1.54, 1.807) is 12.1 Å². The Morgan fingerprint density at radius 3 is 2.39 bits per heavy atom. The summed E-state index contributed by atoms with van der Waals surface area (Å²) in [5.74, 6) is -0.164. The van der Waals surface area contributed by atoms with Crippen LogP contribution in [0.3, 0.4) is 0 Å². The van der Waals surface area contributed by atoms with Crippen LogP contribution < -0.4 is 11.2 Å². The van der Waals surface area contributed by atoms with E-state index in [0.29, 0.717) is 11.0 Å². The number of aryl methyl sites for hydroxylation is 2. The first kappa shape index (κ1) is 28.2. The summed E-state index contributed by atoms with van der Waals surface area (Å²) in [5, 5.41) is 70.6. The first-order chi connectivity index (χ1) is 18.0. The molecule has 3 aliphatic rings. The second-order valence-corrected chi connectivity index (χ2v) is 9.30. The molecular weight excluding hydrogens is 508 g/mol. The van der Waals surface area contributed by atoms with Crippen LogP contribution in [0.1, 0.15) is 11.1 Å². The van der Waals surface area contributed by atoms with Crippen LogP contribution >= 0.6 is 0 Å². The molecule has 15 heteroatoms. The van der Waals surface area contributed by atoms with Gasteiger partial charge >= 0.3 is 5.69 Å². The van der Waals surface area contributed by atoms with Crippen LogP contribution in [0.5, 0.6) is 0 Å². The molecule has 15 nitrogen and oxygen atoms in total. The number of H-pyrrole nitrogens is 1. The number of benzene rings is 1. The molecule has 3 aliphatic heterocycles. The Balaban J connectivity index is 1.85. The van der Waals surface area contributed by atoms with Crippen LogP contribution in [-0.4, -0.2) is 117 Å². The predicted octanol–water partition coefficient (Wildman–Crippen LogP) is -3.90. The summed E-state index contributed by atoms with van der Waals surface area (Å²) in [4.78, 5) is 34.9. The quantitative estimate of drug-likeness (QED) is 0.128. The first-order valence-corrected chi connectivity index (χ1v) is 11.8. The minimum absolute atomic E-state index is 0.164. The van der Waals surface area contributed by atoms with Crippen molar-refractivity contribution in [1.29, 1.82) is 0 Å². The molecule has 208 valence electrons. The lowest BCUT2D eigenvalue weighted by molar-refractivity contribution is -0.320. The molecule has 0 aromatic heterocycles. The Hall–Kier alpha value is -2.86. The Morgan fingerprint density at radius 2 is 1.74 bits per heavy atom. The number of nitrogens with zero attached hydrogens (tertiary/aromatic N) is 3. The van der Waals surface area contributed by atoms with Gasteiger partial charge in [0.2, 0.25) is 0 Å². The summed E-state index contributed by atoms with van der Waals surface area (Å²) >= 11 is 0. The maximum Gasteiger partial charge on any atom is 0.349 e. The zero-order chi connectivity index (χ0) is 27.9. The molecule has 0 spiro atoms. The summed E-state index contributed by atoms with van der Waals surface area (Å²) in [6, 6.07) is 3.42. The highest BCUT2D eigenvalue weighted by molar-refractivity contribution is 5.81. The van der Waals surface area contributed by atoms with Gasteiger partial charge in [-0.05, 0) is 37.1 Å². The number of aliphatic hydroxyl groups is 7. The summed E-state index contributed by atoms with van der Waals surface area (Å²) in [6.07, 6.45) is -13.4. The average Bonchev–Trinajstić information content (AvgIpc) is 2.88. The number of fused-ring (bicyclic) bond motifs is 2. The monoisotopic (exact) mass is 538 g/mol. The molecule has 0 amide bonds. The highest BCUT2D eigenvalue weighted by atomic mass is 16.7. The summed E-state index contributed by atoms with van der Waals surface area (Å²) in [5.41, 5.74) is 0.443. The normalized spacial score (nSPS) is 26.5. The lowest BCUT2D eigenvalue weighted by atomic mass is 9.99. The SMILES string of the molecule is Cc1cc2nc3c(=O)[nH]c(=O)nc-3n(CC(OC3OC(CO)C(O)C(O)C3O)C(O)C(O)CO)c2cc1C. The van der Waals surface area contributed by atoms with Gasteiger partial charge in [-0.3, -0.25) is 9.78 Å². The third-order valence-corrected chi connectivity index (χ3v) is 6.71. The van der Waals surface area contributed by atoms with Crippen LogP contribution in [0.2, 0.25) is 0 Å². The maximum absolute atomic E-state index is 12.6. The van der Waals surface area contributed by atoms with E-state index in [2.05, 4.69) is 9.97 Å². The molecule has 38 heavy (non-hydrogen) atoms. The predicted molar refractivity (Wildman–Crippen MR) is 128 cm³/mol. The van der Waals surface area contributed by atoms with Crippen molar-refractivity contribution in [3.63, 3.8) is 0 Å². The fourth-order valence-corrected chi connectivity index (χ4v) is 4.35. The third-order valence-electron chi connectivity index (χ3n) is 6.71. The fourth-order valence-electron chi connectivity index (χ4n) is 4.35. The van der Waals surface area contributed by atoms with Crippen molar-refractivity contribution >= 4 is 11.0 Å². The van der Waals surface area contributed by atoms with Crippen molar-refractivity contribution in [2.24, 2.45) is 0 Å². The Kier molecular flexibility index (Phi) is 8.22. The average molecular weight is 539 g/mol. The molecule has 1 saturated heterocycles. The fraction of sp³-hybridized carbons (Fsp3) is 0.565. The van der Waals surface area contributed by atoms with E-state index in [1.807, 2.05) is 18.8 Å². The van der Waals surface area contributed by atoms with Gasteiger partial charge in [0.05, 0.1) is 30.8 Å². The molecule has 1 aromatic carbocycles. The van der Waals surface area contributed by atoms with Crippen molar-refractivity contribution in [1.82, 2.24) is 19.5 Å². The number of hydrogen-bond donors (Lipinski definition) is 8. The van der Waals surface area contributed by atoms with Gasteiger partial charge in [-0.25, -0.2) is 9.78 Å². The van der Waals surface area contributed by atoms with Crippen LogP contribution in [-0.2, 0) is 16.0 Å². The lowest BCUT2D eigenvalue weighted by Crippen LogP contribution is -2.60. The molecule has 1 aromatic rings. The van der Waals surface area contributed by atoms with Gasteiger partial charge in [-0.15, -0.1) is 0 Å². The molecule has 3 heterocycles. The molecule has 1 fully saturated rings. The molecule has 8 atom stereocenters. The minimum atomic E-state index is -1.83. The van der Waals surface area contributed by atoms with Gasteiger partial charge in [0.1, 0.15) is 42.7 Å².